The first kappa shape index (κ1) is 15.4. The van der Waals surface area contributed by atoms with E-state index in [4.69, 9.17) is 0 Å². The molecule has 0 amide bonds. The van der Waals surface area contributed by atoms with Gasteiger partial charge in [0.25, 0.3) is 0 Å². The Kier molecular flexibility index (Phi) is 6.27. The third-order valence-electron chi connectivity index (χ3n) is 2.44. The molecule has 0 aliphatic rings. The summed E-state index contributed by atoms with van der Waals surface area (Å²) in [5, 5.41) is 15.4. The van der Waals surface area contributed by atoms with Gasteiger partial charge in [0.1, 0.15) is 0 Å². The normalized spacial score (nSPS) is 12.1. The molecule has 7 heteroatoms. The highest BCUT2D eigenvalue weighted by molar-refractivity contribution is 5.42. The average Bonchev–Trinajstić information content (AvgIpc) is 2.34. The smallest absolute Gasteiger partial charge is 0.231 e. The molecule has 1 heterocycles. The molecule has 19 heavy (non-hydrogen) atoms. The van der Waals surface area contributed by atoms with Crippen molar-refractivity contribution in [3.05, 3.63) is 0 Å². The lowest BCUT2D eigenvalue weighted by Crippen LogP contribution is -2.17. The van der Waals surface area contributed by atoms with Gasteiger partial charge in [0.2, 0.25) is 17.8 Å². The summed E-state index contributed by atoms with van der Waals surface area (Å²) >= 11 is 0. The fourth-order valence-corrected chi connectivity index (χ4v) is 1.48. The van der Waals surface area contributed by atoms with Crippen LogP contribution >= 0.6 is 0 Å². The van der Waals surface area contributed by atoms with E-state index in [9.17, 15) is 5.11 Å². The third kappa shape index (κ3) is 5.69. The number of nitrogens with zero attached hydrogens (tertiary/aromatic N) is 4. The molecule has 0 saturated heterocycles. The van der Waals surface area contributed by atoms with Gasteiger partial charge in [0, 0.05) is 27.2 Å². The SMILES string of the molecule is CCNc1nc(NCCCC(C)O)nc(N(C)C)n1. The lowest BCUT2D eigenvalue weighted by atomic mass is 10.2. The summed E-state index contributed by atoms with van der Waals surface area (Å²) in [5.41, 5.74) is 0. The first-order valence-corrected chi connectivity index (χ1v) is 6.62. The Balaban J connectivity index is 2.65. The first-order valence-electron chi connectivity index (χ1n) is 6.62. The van der Waals surface area contributed by atoms with E-state index >= 15 is 0 Å². The van der Waals surface area contributed by atoms with Crippen molar-refractivity contribution in [1.82, 2.24) is 15.0 Å². The van der Waals surface area contributed by atoms with Crippen LogP contribution in [0, 0.1) is 0 Å². The largest absolute Gasteiger partial charge is 0.393 e. The Morgan fingerprint density at radius 3 is 2.32 bits per heavy atom. The minimum Gasteiger partial charge on any atom is -0.393 e. The van der Waals surface area contributed by atoms with Crippen LogP contribution in [0.15, 0.2) is 0 Å². The number of aliphatic hydroxyl groups excluding tert-OH is 1. The van der Waals surface area contributed by atoms with Crippen molar-refractivity contribution in [2.75, 3.05) is 42.7 Å². The molecule has 0 saturated carbocycles. The summed E-state index contributed by atoms with van der Waals surface area (Å²) in [6.45, 7) is 5.27. The quantitative estimate of drug-likeness (QED) is 0.605. The minimum atomic E-state index is -0.269. The van der Waals surface area contributed by atoms with E-state index in [1.54, 1.807) is 6.92 Å². The van der Waals surface area contributed by atoms with Crippen molar-refractivity contribution in [3.63, 3.8) is 0 Å². The van der Waals surface area contributed by atoms with E-state index in [0.29, 0.717) is 17.8 Å². The van der Waals surface area contributed by atoms with Crippen LogP contribution in [0.5, 0.6) is 0 Å². The fraction of sp³-hybridized carbons (Fsp3) is 0.750. The molecule has 1 rings (SSSR count). The molecule has 0 aliphatic carbocycles. The molecule has 108 valence electrons. The van der Waals surface area contributed by atoms with Gasteiger partial charge in [-0.2, -0.15) is 15.0 Å². The molecular weight excluding hydrogens is 244 g/mol. The molecule has 0 spiro atoms. The zero-order chi connectivity index (χ0) is 14.3. The Labute approximate surface area is 114 Å². The van der Waals surface area contributed by atoms with Gasteiger partial charge in [0.05, 0.1) is 6.10 Å². The highest BCUT2D eigenvalue weighted by Crippen LogP contribution is 2.11. The van der Waals surface area contributed by atoms with Gasteiger partial charge in [0.15, 0.2) is 0 Å². The molecule has 0 radical (unpaired) electrons. The Bertz CT molecular complexity index is 382. The topological polar surface area (TPSA) is 86.2 Å². The number of anilines is 3. The zero-order valence-corrected chi connectivity index (χ0v) is 12.1. The van der Waals surface area contributed by atoms with Crippen LogP contribution in [-0.4, -0.2) is 53.3 Å². The van der Waals surface area contributed by atoms with Crippen LogP contribution < -0.4 is 15.5 Å². The van der Waals surface area contributed by atoms with E-state index in [0.717, 1.165) is 25.9 Å². The van der Waals surface area contributed by atoms with Crippen LogP contribution in [0.3, 0.4) is 0 Å². The van der Waals surface area contributed by atoms with Crippen molar-refractivity contribution in [1.29, 1.82) is 0 Å². The summed E-state index contributed by atoms with van der Waals surface area (Å²) in [4.78, 5) is 14.7. The summed E-state index contributed by atoms with van der Waals surface area (Å²) in [7, 11) is 3.78. The van der Waals surface area contributed by atoms with E-state index in [1.165, 1.54) is 0 Å². The lowest BCUT2D eigenvalue weighted by Gasteiger charge is -2.13. The van der Waals surface area contributed by atoms with Crippen LogP contribution in [-0.2, 0) is 0 Å². The monoisotopic (exact) mass is 268 g/mol. The molecule has 1 aromatic heterocycles. The number of aromatic nitrogens is 3. The molecule has 1 atom stereocenters. The second-order valence-electron chi connectivity index (χ2n) is 4.63. The maximum absolute atomic E-state index is 9.19. The van der Waals surface area contributed by atoms with E-state index in [1.807, 2.05) is 25.9 Å². The van der Waals surface area contributed by atoms with E-state index < -0.39 is 0 Å². The second kappa shape index (κ2) is 7.73. The van der Waals surface area contributed by atoms with Crippen LogP contribution in [0.4, 0.5) is 17.8 Å². The Morgan fingerprint density at radius 1 is 1.16 bits per heavy atom. The van der Waals surface area contributed by atoms with Crippen molar-refractivity contribution in [2.24, 2.45) is 0 Å². The van der Waals surface area contributed by atoms with Gasteiger partial charge in [-0.05, 0) is 26.7 Å². The van der Waals surface area contributed by atoms with Gasteiger partial charge in [-0.15, -0.1) is 0 Å². The van der Waals surface area contributed by atoms with Gasteiger partial charge in [-0.1, -0.05) is 0 Å². The molecule has 1 aromatic rings. The van der Waals surface area contributed by atoms with Crippen LogP contribution in [0.1, 0.15) is 26.7 Å². The maximum atomic E-state index is 9.19. The van der Waals surface area contributed by atoms with E-state index in [-0.39, 0.29) is 6.10 Å². The Hall–Kier alpha value is -1.63. The fourth-order valence-electron chi connectivity index (χ4n) is 1.48. The van der Waals surface area contributed by atoms with Crippen molar-refractivity contribution in [3.8, 4) is 0 Å². The summed E-state index contributed by atoms with van der Waals surface area (Å²) < 4.78 is 0. The zero-order valence-electron chi connectivity index (χ0n) is 12.1. The standard InChI is InChI=1S/C12H24N6O/c1-5-13-10-15-11(14-8-6-7-9(2)19)17-12(16-10)18(3)4/h9,19H,5-8H2,1-4H3,(H2,13,14,15,16,17). The van der Waals surface area contributed by atoms with Crippen molar-refractivity contribution >= 4 is 17.8 Å². The molecule has 1 unspecified atom stereocenters. The molecule has 0 bridgehead atoms. The van der Waals surface area contributed by atoms with E-state index in [2.05, 4.69) is 25.6 Å². The Morgan fingerprint density at radius 2 is 1.79 bits per heavy atom. The number of hydrogen-bond acceptors (Lipinski definition) is 7. The summed E-state index contributed by atoms with van der Waals surface area (Å²) in [6.07, 6.45) is 1.37. The average molecular weight is 268 g/mol. The van der Waals surface area contributed by atoms with Gasteiger partial charge >= 0.3 is 0 Å². The van der Waals surface area contributed by atoms with Crippen molar-refractivity contribution < 1.29 is 5.11 Å². The molecular formula is C12H24N6O. The lowest BCUT2D eigenvalue weighted by molar-refractivity contribution is 0.183. The van der Waals surface area contributed by atoms with Gasteiger partial charge < -0.3 is 20.6 Å². The van der Waals surface area contributed by atoms with Crippen molar-refractivity contribution in [2.45, 2.75) is 32.8 Å². The number of aliphatic hydroxyl groups is 1. The van der Waals surface area contributed by atoms with Crippen LogP contribution in [0.25, 0.3) is 0 Å². The third-order valence-corrected chi connectivity index (χ3v) is 2.44. The van der Waals surface area contributed by atoms with Gasteiger partial charge in [-0.25, -0.2) is 0 Å². The highest BCUT2D eigenvalue weighted by atomic mass is 16.3. The molecule has 0 fully saturated rings. The second-order valence-corrected chi connectivity index (χ2v) is 4.63. The first-order chi connectivity index (χ1) is 9.02. The molecule has 0 aliphatic heterocycles. The maximum Gasteiger partial charge on any atom is 0.231 e. The summed E-state index contributed by atoms with van der Waals surface area (Å²) in [5.74, 6) is 1.74. The molecule has 0 aromatic carbocycles. The predicted molar refractivity (Wildman–Crippen MR) is 77.7 cm³/mol. The predicted octanol–water partition coefficient (Wildman–Crippen LogP) is 0.942. The molecule has 7 nitrogen and oxygen atoms in total. The molecule has 3 N–H and O–H groups in total. The van der Waals surface area contributed by atoms with Crippen LogP contribution in [0.2, 0.25) is 0 Å². The highest BCUT2D eigenvalue weighted by Gasteiger charge is 2.07. The minimum absolute atomic E-state index is 0.269. The number of nitrogens with one attached hydrogen (secondary N) is 2. The summed E-state index contributed by atoms with van der Waals surface area (Å²) in [6, 6.07) is 0. The van der Waals surface area contributed by atoms with Gasteiger partial charge in [-0.3, -0.25) is 0 Å². The number of rotatable bonds is 8. The number of hydrogen-bond donors (Lipinski definition) is 3.